The van der Waals surface area contributed by atoms with Gasteiger partial charge in [0.1, 0.15) is 0 Å². The SMILES string of the molecule is CNC1[C@H]2CC=C(C)[C@@H]1C2(C)C. The van der Waals surface area contributed by atoms with Gasteiger partial charge in [0.05, 0.1) is 0 Å². The molecule has 3 rings (SSSR count). The molecule has 0 aliphatic heterocycles. The summed E-state index contributed by atoms with van der Waals surface area (Å²) in [5, 5.41) is 3.45. The zero-order chi connectivity index (χ0) is 8.93. The molecule has 1 N–H and O–H groups in total. The van der Waals surface area contributed by atoms with E-state index in [9.17, 15) is 0 Å². The summed E-state index contributed by atoms with van der Waals surface area (Å²) in [6, 6.07) is 0.755. The Morgan fingerprint density at radius 2 is 2.17 bits per heavy atom. The van der Waals surface area contributed by atoms with Crippen LogP contribution in [0.25, 0.3) is 0 Å². The van der Waals surface area contributed by atoms with Gasteiger partial charge in [-0.3, -0.25) is 0 Å². The average Bonchev–Trinajstić information content (AvgIpc) is 2.01. The standard InChI is InChI=1S/C11H19N/c1-7-5-6-8-10(12-4)9(7)11(8,2)3/h5,8-10,12H,6H2,1-4H3/t8-,9+,10?/m1/s1. The highest BCUT2D eigenvalue weighted by atomic mass is 14.9. The molecule has 0 saturated heterocycles. The zero-order valence-electron chi connectivity index (χ0n) is 8.52. The van der Waals surface area contributed by atoms with Crippen molar-refractivity contribution in [1.82, 2.24) is 5.32 Å². The lowest BCUT2D eigenvalue weighted by atomic mass is 9.46. The Morgan fingerprint density at radius 3 is 2.50 bits per heavy atom. The molecule has 12 heavy (non-hydrogen) atoms. The first-order valence-electron chi connectivity index (χ1n) is 4.93. The average molecular weight is 165 g/mol. The summed E-state index contributed by atoms with van der Waals surface area (Å²) in [5.41, 5.74) is 2.15. The number of nitrogens with one attached hydrogen (secondary N) is 1. The summed E-state index contributed by atoms with van der Waals surface area (Å²) < 4.78 is 0. The van der Waals surface area contributed by atoms with Crippen LogP contribution in [0.2, 0.25) is 0 Å². The predicted octanol–water partition coefficient (Wildman–Crippen LogP) is 2.20. The zero-order valence-corrected chi connectivity index (χ0v) is 8.52. The van der Waals surface area contributed by atoms with Crippen LogP contribution in [-0.2, 0) is 0 Å². The van der Waals surface area contributed by atoms with Gasteiger partial charge in [0.2, 0.25) is 0 Å². The van der Waals surface area contributed by atoms with E-state index in [1.54, 1.807) is 5.57 Å². The molecule has 1 fully saturated rings. The van der Waals surface area contributed by atoms with E-state index in [-0.39, 0.29) is 0 Å². The summed E-state index contributed by atoms with van der Waals surface area (Å²) in [6.07, 6.45) is 3.70. The first kappa shape index (κ1) is 8.31. The van der Waals surface area contributed by atoms with Crippen molar-refractivity contribution in [3.8, 4) is 0 Å². The second kappa shape index (κ2) is 2.35. The minimum Gasteiger partial charge on any atom is -0.316 e. The van der Waals surface area contributed by atoms with Crippen molar-refractivity contribution in [2.75, 3.05) is 7.05 Å². The van der Waals surface area contributed by atoms with Crippen molar-refractivity contribution in [2.45, 2.75) is 33.2 Å². The summed E-state index contributed by atoms with van der Waals surface area (Å²) in [6.45, 7) is 7.10. The van der Waals surface area contributed by atoms with Gasteiger partial charge in [-0.25, -0.2) is 0 Å². The molecule has 3 atom stereocenters. The topological polar surface area (TPSA) is 12.0 Å². The lowest BCUT2D eigenvalue weighted by Crippen LogP contribution is -2.64. The molecule has 0 aromatic heterocycles. The molecule has 1 saturated carbocycles. The minimum absolute atomic E-state index is 0.548. The van der Waals surface area contributed by atoms with Crippen LogP contribution in [-0.4, -0.2) is 13.1 Å². The van der Waals surface area contributed by atoms with Crippen LogP contribution in [0, 0.1) is 17.3 Å². The Bertz CT molecular complexity index is 227. The smallest absolute Gasteiger partial charge is 0.0171 e. The van der Waals surface area contributed by atoms with Gasteiger partial charge in [-0.15, -0.1) is 0 Å². The van der Waals surface area contributed by atoms with Crippen molar-refractivity contribution in [2.24, 2.45) is 17.3 Å². The molecule has 0 heterocycles. The molecule has 3 aliphatic carbocycles. The molecule has 0 radical (unpaired) electrons. The van der Waals surface area contributed by atoms with Crippen LogP contribution in [0.4, 0.5) is 0 Å². The van der Waals surface area contributed by atoms with Crippen molar-refractivity contribution < 1.29 is 0 Å². The molecule has 0 amide bonds. The molecule has 0 aromatic carbocycles. The van der Waals surface area contributed by atoms with Gasteiger partial charge in [-0.05, 0) is 31.7 Å². The van der Waals surface area contributed by atoms with Crippen LogP contribution in [0.5, 0.6) is 0 Å². The maximum atomic E-state index is 3.45. The fourth-order valence-corrected chi connectivity index (χ4v) is 3.40. The van der Waals surface area contributed by atoms with Gasteiger partial charge < -0.3 is 5.32 Å². The number of allylic oxidation sites excluding steroid dienone is 1. The third-order valence-corrected chi connectivity index (χ3v) is 4.07. The summed E-state index contributed by atoms with van der Waals surface area (Å²) >= 11 is 0. The van der Waals surface area contributed by atoms with Crippen molar-refractivity contribution in [3.05, 3.63) is 11.6 Å². The fraction of sp³-hybridized carbons (Fsp3) is 0.818. The summed E-state index contributed by atoms with van der Waals surface area (Å²) in [5.74, 6) is 1.66. The Kier molecular flexibility index (Phi) is 1.63. The van der Waals surface area contributed by atoms with Crippen LogP contribution in [0.3, 0.4) is 0 Å². The fourth-order valence-electron chi connectivity index (χ4n) is 3.40. The highest BCUT2D eigenvalue weighted by molar-refractivity contribution is 5.26. The molecule has 2 bridgehead atoms. The van der Waals surface area contributed by atoms with E-state index >= 15 is 0 Å². The van der Waals surface area contributed by atoms with Crippen LogP contribution in [0.1, 0.15) is 27.2 Å². The lowest BCUT2D eigenvalue weighted by Gasteiger charge is -2.62. The van der Waals surface area contributed by atoms with Crippen LogP contribution < -0.4 is 5.32 Å². The van der Waals surface area contributed by atoms with Crippen molar-refractivity contribution in [1.29, 1.82) is 0 Å². The highest BCUT2D eigenvalue weighted by Gasteiger charge is 2.57. The third kappa shape index (κ3) is 0.779. The van der Waals surface area contributed by atoms with E-state index < -0.39 is 0 Å². The number of fused-ring (bicyclic) bond motifs is 1. The maximum Gasteiger partial charge on any atom is 0.0171 e. The van der Waals surface area contributed by atoms with Gasteiger partial charge >= 0.3 is 0 Å². The molecule has 68 valence electrons. The molecule has 1 nitrogen and oxygen atoms in total. The van der Waals surface area contributed by atoms with E-state index in [1.807, 2.05) is 0 Å². The second-order valence-corrected chi connectivity index (χ2v) is 4.90. The Labute approximate surface area is 75.2 Å². The lowest BCUT2D eigenvalue weighted by molar-refractivity contribution is -0.0492. The monoisotopic (exact) mass is 165 g/mol. The van der Waals surface area contributed by atoms with Crippen molar-refractivity contribution >= 4 is 0 Å². The molecular weight excluding hydrogens is 146 g/mol. The van der Waals surface area contributed by atoms with Crippen LogP contribution in [0.15, 0.2) is 11.6 Å². The molecule has 1 heteroatoms. The number of hydrogen-bond donors (Lipinski definition) is 1. The van der Waals surface area contributed by atoms with E-state index in [1.165, 1.54) is 6.42 Å². The number of rotatable bonds is 1. The molecule has 0 spiro atoms. The van der Waals surface area contributed by atoms with Gasteiger partial charge in [0.25, 0.3) is 0 Å². The maximum absolute atomic E-state index is 3.45. The molecule has 0 aromatic rings. The van der Waals surface area contributed by atoms with E-state index in [0.717, 1.165) is 17.9 Å². The van der Waals surface area contributed by atoms with Gasteiger partial charge in [-0.1, -0.05) is 25.5 Å². The first-order valence-corrected chi connectivity index (χ1v) is 4.93. The predicted molar refractivity (Wildman–Crippen MR) is 52.0 cm³/mol. The molecule has 1 unspecified atom stereocenters. The quantitative estimate of drug-likeness (QED) is 0.587. The molecular formula is C11H19N. The highest BCUT2D eigenvalue weighted by Crippen LogP contribution is 2.58. The van der Waals surface area contributed by atoms with Crippen LogP contribution >= 0.6 is 0 Å². The van der Waals surface area contributed by atoms with E-state index in [2.05, 4.69) is 39.2 Å². The van der Waals surface area contributed by atoms with Gasteiger partial charge in [-0.2, -0.15) is 0 Å². The Balaban J connectivity index is 2.28. The molecule has 3 aliphatic rings. The Morgan fingerprint density at radius 1 is 1.50 bits per heavy atom. The van der Waals surface area contributed by atoms with Gasteiger partial charge in [0, 0.05) is 12.0 Å². The summed E-state index contributed by atoms with van der Waals surface area (Å²) in [4.78, 5) is 0. The third-order valence-electron chi connectivity index (χ3n) is 4.07. The Hall–Kier alpha value is -0.300. The second-order valence-electron chi connectivity index (χ2n) is 4.90. The van der Waals surface area contributed by atoms with Gasteiger partial charge in [0.15, 0.2) is 0 Å². The van der Waals surface area contributed by atoms with Crippen molar-refractivity contribution in [3.63, 3.8) is 0 Å². The van der Waals surface area contributed by atoms with E-state index in [0.29, 0.717) is 5.41 Å². The normalized spacial score (nSPS) is 43.3. The number of hydrogen-bond acceptors (Lipinski definition) is 1. The first-order chi connectivity index (χ1) is 5.59. The largest absolute Gasteiger partial charge is 0.316 e. The summed E-state index contributed by atoms with van der Waals surface area (Å²) in [7, 11) is 2.10. The minimum atomic E-state index is 0.548. The van der Waals surface area contributed by atoms with E-state index in [4.69, 9.17) is 0 Å².